The van der Waals surface area contributed by atoms with Crippen LogP contribution in [0.1, 0.15) is 13.8 Å². The first-order valence-corrected chi connectivity index (χ1v) is 6.35. The molecule has 0 saturated carbocycles. The standard InChI is InChI=1S/C7H16ClNO3S/c1-3-12-7(2)6-9-13(10,11)5-4-8/h7,9H,3-6H2,1-2H3. The topological polar surface area (TPSA) is 55.4 Å². The number of sulfonamides is 1. The zero-order chi connectivity index (χ0) is 10.3. The maximum atomic E-state index is 11.1. The van der Waals surface area contributed by atoms with Gasteiger partial charge in [0.2, 0.25) is 10.0 Å². The lowest BCUT2D eigenvalue weighted by molar-refractivity contribution is 0.0800. The molecule has 0 heterocycles. The molecule has 0 aliphatic heterocycles. The molecule has 0 fully saturated rings. The lowest BCUT2D eigenvalue weighted by Gasteiger charge is -2.12. The molecule has 0 aliphatic rings. The number of nitrogens with one attached hydrogen (secondary N) is 1. The second-order valence-electron chi connectivity index (χ2n) is 2.62. The fourth-order valence-corrected chi connectivity index (χ4v) is 2.21. The summed E-state index contributed by atoms with van der Waals surface area (Å²) in [7, 11) is -3.21. The zero-order valence-electron chi connectivity index (χ0n) is 7.92. The fraction of sp³-hybridized carbons (Fsp3) is 1.00. The van der Waals surface area contributed by atoms with Crippen molar-refractivity contribution in [3.8, 4) is 0 Å². The molecule has 0 radical (unpaired) electrons. The minimum Gasteiger partial charge on any atom is -0.377 e. The van der Waals surface area contributed by atoms with Gasteiger partial charge in [-0.25, -0.2) is 13.1 Å². The molecule has 0 spiro atoms. The molecule has 13 heavy (non-hydrogen) atoms. The summed E-state index contributed by atoms with van der Waals surface area (Å²) < 4.78 is 29.7. The molecule has 0 aliphatic carbocycles. The minimum atomic E-state index is -3.21. The molecule has 0 amide bonds. The number of rotatable bonds is 7. The highest BCUT2D eigenvalue weighted by Gasteiger charge is 2.10. The van der Waals surface area contributed by atoms with Gasteiger partial charge in [-0.05, 0) is 13.8 Å². The second kappa shape index (κ2) is 6.59. The van der Waals surface area contributed by atoms with Crippen LogP contribution in [0.25, 0.3) is 0 Å². The Kier molecular flexibility index (Phi) is 6.67. The molecule has 0 rings (SSSR count). The zero-order valence-corrected chi connectivity index (χ0v) is 9.49. The predicted octanol–water partition coefficient (Wildman–Crippen LogP) is 0.570. The Morgan fingerprint density at radius 2 is 2.15 bits per heavy atom. The molecule has 0 saturated heterocycles. The third kappa shape index (κ3) is 7.25. The molecule has 0 aromatic heterocycles. The molecule has 80 valence electrons. The van der Waals surface area contributed by atoms with Gasteiger partial charge in [0.05, 0.1) is 11.9 Å². The normalized spacial score (nSPS) is 14.4. The summed E-state index contributed by atoms with van der Waals surface area (Å²) in [6, 6.07) is 0. The van der Waals surface area contributed by atoms with E-state index in [4.69, 9.17) is 16.3 Å². The number of alkyl halides is 1. The predicted molar refractivity (Wildman–Crippen MR) is 53.6 cm³/mol. The lowest BCUT2D eigenvalue weighted by Crippen LogP contribution is -2.34. The minimum absolute atomic E-state index is 0.0482. The lowest BCUT2D eigenvalue weighted by atomic mass is 10.4. The van der Waals surface area contributed by atoms with Crippen molar-refractivity contribution >= 4 is 21.6 Å². The van der Waals surface area contributed by atoms with E-state index in [1.807, 2.05) is 13.8 Å². The van der Waals surface area contributed by atoms with Gasteiger partial charge in [0.25, 0.3) is 0 Å². The third-order valence-electron chi connectivity index (χ3n) is 1.39. The summed E-state index contributed by atoms with van der Waals surface area (Å²) in [6.07, 6.45) is -0.102. The number of hydrogen-bond donors (Lipinski definition) is 1. The second-order valence-corrected chi connectivity index (χ2v) is 4.93. The smallest absolute Gasteiger partial charge is 0.212 e. The van der Waals surface area contributed by atoms with Crippen molar-refractivity contribution in [2.75, 3.05) is 24.8 Å². The Balaban J connectivity index is 3.74. The Hall–Kier alpha value is 0.160. The first-order valence-electron chi connectivity index (χ1n) is 4.16. The molecule has 1 atom stereocenters. The van der Waals surface area contributed by atoms with Crippen LogP contribution in [0.5, 0.6) is 0 Å². The third-order valence-corrected chi connectivity index (χ3v) is 3.15. The van der Waals surface area contributed by atoms with Crippen molar-refractivity contribution < 1.29 is 13.2 Å². The van der Waals surface area contributed by atoms with Crippen molar-refractivity contribution in [3.63, 3.8) is 0 Å². The molecule has 0 aromatic rings. The summed E-state index contributed by atoms with van der Waals surface area (Å²) in [5.74, 6) is 0.0613. The van der Waals surface area contributed by atoms with Gasteiger partial charge in [-0.15, -0.1) is 11.6 Å². The summed E-state index contributed by atoms with van der Waals surface area (Å²) in [5.41, 5.74) is 0. The van der Waals surface area contributed by atoms with E-state index in [0.717, 1.165) is 0 Å². The maximum absolute atomic E-state index is 11.1. The fourth-order valence-electron chi connectivity index (χ4n) is 0.762. The van der Waals surface area contributed by atoms with Crippen LogP contribution >= 0.6 is 11.6 Å². The van der Waals surface area contributed by atoms with Crippen LogP contribution in [-0.4, -0.2) is 39.3 Å². The Morgan fingerprint density at radius 3 is 2.62 bits per heavy atom. The summed E-state index contributed by atoms with van der Waals surface area (Å²) >= 11 is 5.31. The number of hydrogen-bond acceptors (Lipinski definition) is 3. The van der Waals surface area contributed by atoms with Crippen molar-refractivity contribution in [2.45, 2.75) is 20.0 Å². The van der Waals surface area contributed by atoms with Gasteiger partial charge in [-0.2, -0.15) is 0 Å². The molecular weight excluding hydrogens is 214 g/mol. The largest absolute Gasteiger partial charge is 0.377 e. The van der Waals surface area contributed by atoms with E-state index in [9.17, 15) is 8.42 Å². The molecule has 1 unspecified atom stereocenters. The van der Waals surface area contributed by atoms with E-state index >= 15 is 0 Å². The number of ether oxygens (including phenoxy) is 1. The molecule has 6 heteroatoms. The SMILES string of the molecule is CCOC(C)CNS(=O)(=O)CCCl. The van der Waals surface area contributed by atoms with Gasteiger partial charge >= 0.3 is 0 Å². The van der Waals surface area contributed by atoms with Crippen molar-refractivity contribution in [3.05, 3.63) is 0 Å². The van der Waals surface area contributed by atoms with E-state index in [1.165, 1.54) is 0 Å². The van der Waals surface area contributed by atoms with Crippen LogP contribution in [0.4, 0.5) is 0 Å². The summed E-state index contributed by atoms with van der Waals surface area (Å²) in [5, 5.41) is 0. The summed E-state index contributed by atoms with van der Waals surface area (Å²) in [6.45, 7) is 4.56. The van der Waals surface area contributed by atoms with E-state index in [1.54, 1.807) is 0 Å². The van der Waals surface area contributed by atoms with Gasteiger partial charge in [0.1, 0.15) is 0 Å². The van der Waals surface area contributed by atoms with Crippen LogP contribution in [0.2, 0.25) is 0 Å². The molecule has 4 nitrogen and oxygen atoms in total. The van der Waals surface area contributed by atoms with Crippen LogP contribution in [0, 0.1) is 0 Å². The quantitative estimate of drug-likeness (QED) is 0.650. The van der Waals surface area contributed by atoms with E-state index in [0.29, 0.717) is 13.2 Å². The average Bonchev–Trinajstić information content (AvgIpc) is 2.02. The van der Waals surface area contributed by atoms with Gasteiger partial charge in [-0.1, -0.05) is 0 Å². The molecule has 0 aromatic carbocycles. The van der Waals surface area contributed by atoms with Crippen LogP contribution in [0.15, 0.2) is 0 Å². The Bertz CT molecular complexity index is 218. The van der Waals surface area contributed by atoms with Gasteiger partial charge in [0, 0.05) is 19.0 Å². The van der Waals surface area contributed by atoms with Crippen molar-refractivity contribution in [2.24, 2.45) is 0 Å². The first kappa shape index (κ1) is 13.2. The molecule has 1 N–H and O–H groups in total. The van der Waals surface area contributed by atoms with Crippen molar-refractivity contribution in [1.82, 2.24) is 4.72 Å². The van der Waals surface area contributed by atoms with Gasteiger partial charge in [0.15, 0.2) is 0 Å². The van der Waals surface area contributed by atoms with Gasteiger partial charge in [-0.3, -0.25) is 0 Å². The molecule has 0 bridgehead atoms. The van der Waals surface area contributed by atoms with Gasteiger partial charge < -0.3 is 4.74 Å². The molecular formula is C7H16ClNO3S. The highest BCUT2D eigenvalue weighted by atomic mass is 35.5. The highest BCUT2D eigenvalue weighted by molar-refractivity contribution is 7.89. The van der Waals surface area contributed by atoms with E-state index < -0.39 is 10.0 Å². The highest BCUT2D eigenvalue weighted by Crippen LogP contribution is 1.91. The first-order chi connectivity index (χ1) is 6.02. The summed E-state index contributed by atoms with van der Waals surface area (Å²) in [4.78, 5) is 0. The van der Waals surface area contributed by atoms with Crippen LogP contribution < -0.4 is 4.72 Å². The Morgan fingerprint density at radius 1 is 1.54 bits per heavy atom. The number of halogens is 1. The monoisotopic (exact) mass is 229 g/mol. The van der Waals surface area contributed by atoms with Crippen LogP contribution in [0.3, 0.4) is 0 Å². The van der Waals surface area contributed by atoms with Crippen molar-refractivity contribution in [1.29, 1.82) is 0 Å². The Labute approximate surface area is 84.7 Å². The van der Waals surface area contributed by atoms with E-state index in [2.05, 4.69) is 4.72 Å². The average molecular weight is 230 g/mol. The maximum Gasteiger partial charge on any atom is 0.212 e. The van der Waals surface area contributed by atoms with E-state index in [-0.39, 0.29) is 17.7 Å². The van der Waals surface area contributed by atoms with Crippen LogP contribution in [-0.2, 0) is 14.8 Å².